The largest absolute Gasteiger partial charge is 0.493 e. The van der Waals surface area contributed by atoms with E-state index in [1.165, 1.54) is 18.9 Å². The molecule has 0 bridgehead atoms. The van der Waals surface area contributed by atoms with Crippen LogP contribution >= 0.6 is 23.4 Å². The Kier molecular flexibility index (Phi) is 6.34. The van der Waals surface area contributed by atoms with Crippen LogP contribution in [0.5, 0.6) is 11.5 Å². The van der Waals surface area contributed by atoms with E-state index in [9.17, 15) is 9.59 Å². The zero-order chi connectivity index (χ0) is 22.0. The monoisotopic (exact) mass is 456 g/mol. The number of ether oxygens (including phenoxy) is 2. The molecular weight excluding hydrogens is 436 g/mol. The number of rotatable bonds is 7. The summed E-state index contributed by atoms with van der Waals surface area (Å²) in [5.74, 6) is 1.18. The minimum Gasteiger partial charge on any atom is -0.493 e. The number of halogens is 1. The molecule has 1 heterocycles. The number of hydrogen-bond acceptors (Lipinski definition) is 6. The molecule has 6 nitrogen and oxygen atoms in total. The van der Waals surface area contributed by atoms with Gasteiger partial charge in [0.05, 0.1) is 25.7 Å². The highest BCUT2D eigenvalue weighted by Crippen LogP contribution is 2.32. The SMILES string of the molecule is COc1ccc(C(=O)CSc2nc(=O)n(-c3ccc(Cl)cc3)c3c2CCC3)cc1OC. The second-order valence-electron chi connectivity index (χ2n) is 7.07. The number of carbonyl (C=O) groups excluding carboxylic acids is 1. The van der Waals surface area contributed by atoms with Crippen LogP contribution in [0.2, 0.25) is 5.02 Å². The molecule has 31 heavy (non-hydrogen) atoms. The van der Waals surface area contributed by atoms with Gasteiger partial charge in [0, 0.05) is 21.8 Å². The molecule has 160 valence electrons. The quantitative estimate of drug-likeness (QED) is 0.299. The number of ketones is 1. The van der Waals surface area contributed by atoms with Crippen molar-refractivity contribution >= 4 is 29.1 Å². The van der Waals surface area contributed by atoms with E-state index >= 15 is 0 Å². The van der Waals surface area contributed by atoms with Gasteiger partial charge < -0.3 is 9.47 Å². The molecule has 0 radical (unpaired) electrons. The number of fused-ring (bicyclic) bond motifs is 1. The highest BCUT2D eigenvalue weighted by molar-refractivity contribution is 8.00. The Balaban J connectivity index is 1.59. The Bertz CT molecular complexity index is 1190. The predicted octanol–water partition coefficient (Wildman–Crippen LogP) is 4.37. The highest BCUT2D eigenvalue weighted by Gasteiger charge is 2.23. The molecule has 0 N–H and O–H groups in total. The number of thioether (sulfide) groups is 1. The zero-order valence-corrected chi connectivity index (χ0v) is 18.8. The van der Waals surface area contributed by atoms with Gasteiger partial charge in [-0.3, -0.25) is 9.36 Å². The van der Waals surface area contributed by atoms with E-state index in [0.717, 1.165) is 36.2 Å². The van der Waals surface area contributed by atoms with E-state index in [-0.39, 0.29) is 17.2 Å². The minimum absolute atomic E-state index is 0.0682. The van der Waals surface area contributed by atoms with Crippen molar-refractivity contribution in [1.29, 1.82) is 0 Å². The summed E-state index contributed by atoms with van der Waals surface area (Å²) in [5, 5.41) is 1.25. The fourth-order valence-corrected chi connectivity index (χ4v) is 4.82. The van der Waals surface area contributed by atoms with Crippen LogP contribution in [0, 0.1) is 0 Å². The van der Waals surface area contributed by atoms with E-state index < -0.39 is 0 Å². The maximum atomic E-state index is 12.8. The van der Waals surface area contributed by atoms with Crippen LogP contribution in [-0.4, -0.2) is 35.3 Å². The molecule has 1 aromatic heterocycles. The number of nitrogens with zero attached hydrogens (tertiary/aromatic N) is 2. The summed E-state index contributed by atoms with van der Waals surface area (Å²) in [4.78, 5) is 29.9. The molecular formula is C23H21ClN2O4S. The third-order valence-corrected chi connectivity index (χ3v) is 6.51. The third kappa shape index (κ3) is 4.34. The fraction of sp³-hybridized carbons (Fsp3) is 0.261. The normalized spacial score (nSPS) is 12.5. The Labute approximate surface area is 189 Å². The number of Topliss-reactive ketones (excluding diaryl/α,β-unsaturated/α-hetero) is 1. The molecule has 4 rings (SSSR count). The van der Waals surface area contributed by atoms with Crippen molar-refractivity contribution in [2.75, 3.05) is 20.0 Å². The zero-order valence-electron chi connectivity index (χ0n) is 17.2. The molecule has 0 spiro atoms. The lowest BCUT2D eigenvalue weighted by Crippen LogP contribution is -2.26. The standard InChI is InChI=1S/C23H21ClN2O4S/c1-29-20-11-6-14(12-21(20)30-2)19(27)13-31-22-17-4-3-5-18(17)26(23(28)25-22)16-9-7-15(24)8-10-16/h6-12H,3-5,13H2,1-2H3. The molecule has 0 saturated carbocycles. The topological polar surface area (TPSA) is 70.4 Å². The summed E-state index contributed by atoms with van der Waals surface area (Å²) in [7, 11) is 3.08. The number of hydrogen-bond donors (Lipinski definition) is 0. The number of methoxy groups -OCH3 is 2. The van der Waals surface area contributed by atoms with Gasteiger partial charge in [-0.25, -0.2) is 4.79 Å². The van der Waals surface area contributed by atoms with Crippen molar-refractivity contribution in [3.05, 3.63) is 74.8 Å². The Morgan fingerprint density at radius 3 is 2.55 bits per heavy atom. The molecule has 0 aliphatic heterocycles. The van der Waals surface area contributed by atoms with Gasteiger partial charge in [0.1, 0.15) is 5.03 Å². The third-order valence-electron chi connectivity index (χ3n) is 5.24. The van der Waals surface area contributed by atoms with Gasteiger partial charge in [0.25, 0.3) is 0 Å². The van der Waals surface area contributed by atoms with Gasteiger partial charge in [-0.15, -0.1) is 0 Å². The lowest BCUT2D eigenvalue weighted by molar-refractivity contribution is 0.102. The van der Waals surface area contributed by atoms with Crippen molar-refractivity contribution in [1.82, 2.24) is 9.55 Å². The van der Waals surface area contributed by atoms with E-state index in [1.807, 2.05) is 12.1 Å². The fourth-order valence-electron chi connectivity index (χ4n) is 3.73. The van der Waals surface area contributed by atoms with Gasteiger partial charge in [-0.1, -0.05) is 23.4 Å². The second kappa shape index (κ2) is 9.16. The second-order valence-corrected chi connectivity index (χ2v) is 8.47. The average Bonchev–Trinajstić information content (AvgIpc) is 3.27. The molecule has 2 aromatic carbocycles. The van der Waals surface area contributed by atoms with Crippen LogP contribution in [0.4, 0.5) is 0 Å². The van der Waals surface area contributed by atoms with Crippen molar-refractivity contribution < 1.29 is 14.3 Å². The van der Waals surface area contributed by atoms with E-state index in [2.05, 4.69) is 4.98 Å². The first kappa shape index (κ1) is 21.5. The first-order valence-corrected chi connectivity index (χ1v) is 11.2. The number of benzene rings is 2. The minimum atomic E-state index is -0.343. The Morgan fingerprint density at radius 1 is 1.10 bits per heavy atom. The number of aromatic nitrogens is 2. The average molecular weight is 457 g/mol. The molecule has 0 amide bonds. The maximum Gasteiger partial charge on any atom is 0.353 e. The van der Waals surface area contributed by atoms with Crippen molar-refractivity contribution in [3.63, 3.8) is 0 Å². The van der Waals surface area contributed by atoms with E-state index in [0.29, 0.717) is 27.1 Å². The van der Waals surface area contributed by atoms with Crippen LogP contribution in [0.1, 0.15) is 28.0 Å². The molecule has 0 saturated heterocycles. The summed E-state index contributed by atoms with van der Waals surface area (Å²) in [6.45, 7) is 0. The van der Waals surface area contributed by atoms with Crippen LogP contribution < -0.4 is 15.2 Å². The highest BCUT2D eigenvalue weighted by atomic mass is 35.5. The van der Waals surface area contributed by atoms with Crippen LogP contribution in [0.15, 0.2) is 52.3 Å². The molecule has 8 heteroatoms. The van der Waals surface area contributed by atoms with Crippen LogP contribution in [-0.2, 0) is 12.8 Å². The summed E-state index contributed by atoms with van der Waals surface area (Å²) in [6.07, 6.45) is 2.58. The summed E-state index contributed by atoms with van der Waals surface area (Å²) in [6, 6.07) is 12.2. The molecule has 0 fully saturated rings. The molecule has 1 aliphatic rings. The van der Waals surface area contributed by atoms with Crippen molar-refractivity contribution in [2.24, 2.45) is 0 Å². The van der Waals surface area contributed by atoms with Crippen LogP contribution in [0.25, 0.3) is 5.69 Å². The molecule has 0 atom stereocenters. The summed E-state index contributed by atoms with van der Waals surface area (Å²) >= 11 is 7.29. The van der Waals surface area contributed by atoms with E-state index in [4.69, 9.17) is 21.1 Å². The maximum absolute atomic E-state index is 12.8. The van der Waals surface area contributed by atoms with Gasteiger partial charge in [-0.05, 0) is 61.7 Å². The smallest absolute Gasteiger partial charge is 0.353 e. The first-order chi connectivity index (χ1) is 15.0. The van der Waals surface area contributed by atoms with Crippen LogP contribution in [0.3, 0.4) is 0 Å². The Hall–Kier alpha value is -2.77. The van der Waals surface area contributed by atoms with E-state index in [1.54, 1.807) is 42.0 Å². The summed E-state index contributed by atoms with van der Waals surface area (Å²) < 4.78 is 12.2. The predicted molar refractivity (Wildman–Crippen MR) is 121 cm³/mol. The lowest BCUT2D eigenvalue weighted by atomic mass is 10.1. The number of carbonyl (C=O) groups is 1. The molecule has 3 aromatic rings. The summed E-state index contributed by atoms with van der Waals surface area (Å²) in [5.41, 5.74) is 2.93. The molecule has 1 aliphatic carbocycles. The first-order valence-electron chi connectivity index (χ1n) is 9.80. The van der Waals surface area contributed by atoms with Gasteiger partial charge >= 0.3 is 5.69 Å². The van der Waals surface area contributed by atoms with Gasteiger partial charge in [0.2, 0.25) is 0 Å². The lowest BCUT2D eigenvalue weighted by Gasteiger charge is -2.14. The van der Waals surface area contributed by atoms with Crippen molar-refractivity contribution in [3.8, 4) is 17.2 Å². The van der Waals surface area contributed by atoms with Crippen molar-refractivity contribution in [2.45, 2.75) is 24.3 Å². The van der Waals surface area contributed by atoms with Gasteiger partial charge in [0.15, 0.2) is 17.3 Å². The molecule has 0 unspecified atom stereocenters. The van der Waals surface area contributed by atoms with Gasteiger partial charge in [-0.2, -0.15) is 4.98 Å². The Morgan fingerprint density at radius 2 is 1.84 bits per heavy atom.